The van der Waals surface area contributed by atoms with E-state index in [1.807, 2.05) is 6.07 Å². The molecular weight excluding hydrogens is 292 g/mol. The fourth-order valence-electron chi connectivity index (χ4n) is 2.99. The van der Waals surface area contributed by atoms with Crippen LogP contribution in [0.1, 0.15) is 38.9 Å². The van der Waals surface area contributed by atoms with Crippen LogP contribution in [0.2, 0.25) is 0 Å². The second kappa shape index (κ2) is 6.92. The molecule has 0 atom stereocenters. The second-order valence-corrected chi connectivity index (χ2v) is 6.69. The fraction of sp³-hybridized carbons (Fsp3) is 0.217. The Labute approximate surface area is 144 Å². The van der Waals surface area contributed by atoms with Crippen LogP contribution in [0, 0.1) is 20.8 Å². The van der Waals surface area contributed by atoms with Crippen LogP contribution >= 0.6 is 0 Å². The molecule has 3 aromatic rings. The normalized spacial score (nSPS) is 10.8. The van der Waals surface area contributed by atoms with Crippen molar-refractivity contribution in [3.05, 3.63) is 99.6 Å². The average molecular weight is 316 g/mol. The Morgan fingerprint density at radius 1 is 0.625 bits per heavy atom. The van der Waals surface area contributed by atoms with E-state index < -0.39 is 0 Å². The number of aryl methyl sites for hydroxylation is 3. The number of hydrogen-bond donors (Lipinski definition) is 1. The number of benzene rings is 3. The zero-order chi connectivity index (χ0) is 17.1. The van der Waals surface area contributed by atoms with Crippen molar-refractivity contribution >= 4 is 0 Å². The molecule has 0 unspecified atom stereocenters. The van der Waals surface area contributed by atoms with E-state index >= 15 is 0 Å². The van der Waals surface area contributed by atoms with Gasteiger partial charge in [-0.2, -0.15) is 0 Å². The summed E-state index contributed by atoms with van der Waals surface area (Å²) in [6.45, 7) is 6.25. The van der Waals surface area contributed by atoms with E-state index in [9.17, 15) is 5.11 Å². The van der Waals surface area contributed by atoms with Gasteiger partial charge in [0, 0.05) is 18.4 Å². The Balaban J connectivity index is 1.89. The first kappa shape index (κ1) is 16.3. The Kier molecular flexibility index (Phi) is 4.71. The zero-order valence-corrected chi connectivity index (χ0v) is 14.6. The summed E-state index contributed by atoms with van der Waals surface area (Å²) in [6.07, 6.45) is 1.52. The lowest BCUT2D eigenvalue weighted by molar-refractivity contribution is 0.463. The van der Waals surface area contributed by atoms with Crippen LogP contribution in [0.4, 0.5) is 0 Å². The van der Waals surface area contributed by atoms with Crippen molar-refractivity contribution in [1.82, 2.24) is 0 Å². The molecule has 0 aliphatic carbocycles. The third kappa shape index (κ3) is 3.68. The number of aromatic hydroxyl groups is 1. The molecule has 0 saturated carbocycles. The molecule has 0 amide bonds. The van der Waals surface area contributed by atoms with Crippen LogP contribution in [-0.4, -0.2) is 5.11 Å². The lowest BCUT2D eigenvalue weighted by atomic mass is 9.94. The number of phenols is 1. The average Bonchev–Trinajstić information content (AvgIpc) is 2.58. The Bertz CT molecular complexity index is 827. The molecule has 3 aromatic carbocycles. The van der Waals surface area contributed by atoms with Crippen molar-refractivity contribution in [1.29, 1.82) is 0 Å². The summed E-state index contributed by atoms with van der Waals surface area (Å²) in [7, 11) is 0. The van der Waals surface area contributed by atoms with Gasteiger partial charge in [-0.25, -0.2) is 0 Å². The minimum absolute atomic E-state index is 0.441. The van der Waals surface area contributed by atoms with Crippen molar-refractivity contribution in [2.24, 2.45) is 0 Å². The monoisotopic (exact) mass is 316 g/mol. The summed E-state index contributed by atoms with van der Waals surface area (Å²) in [5.74, 6) is 0.441. The van der Waals surface area contributed by atoms with Gasteiger partial charge in [0.25, 0.3) is 0 Å². The summed E-state index contributed by atoms with van der Waals surface area (Å²) in [5.41, 5.74) is 8.13. The van der Waals surface area contributed by atoms with E-state index in [4.69, 9.17) is 0 Å². The first-order valence-corrected chi connectivity index (χ1v) is 8.44. The summed E-state index contributed by atoms with van der Waals surface area (Å²) < 4.78 is 0. The molecule has 0 aromatic heterocycles. The molecule has 0 fully saturated rings. The molecule has 0 saturated heterocycles. The highest BCUT2D eigenvalue weighted by molar-refractivity contribution is 5.49. The lowest BCUT2D eigenvalue weighted by Crippen LogP contribution is -1.97. The number of phenolic OH excluding ortho intramolecular Hbond substituents is 1. The van der Waals surface area contributed by atoms with Crippen LogP contribution in [0.15, 0.2) is 60.7 Å². The third-order valence-corrected chi connectivity index (χ3v) is 4.62. The van der Waals surface area contributed by atoms with Gasteiger partial charge >= 0.3 is 0 Å². The molecule has 0 spiro atoms. The molecule has 1 heteroatoms. The van der Waals surface area contributed by atoms with E-state index in [2.05, 4.69) is 75.4 Å². The molecule has 24 heavy (non-hydrogen) atoms. The quantitative estimate of drug-likeness (QED) is 0.674. The van der Waals surface area contributed by atoms with Gasteiger partial charge in [-0.05, 0) is 43.0 Å². The van der Waals surface area contributed by atoms with Gasteiger partial charge in [0.2, 0.25) is 0 Å². The van der Waals surface area contributed by atoms with Gasteiger partial charge in [0.15, 0.2) is 0 Å². The van der Waals surface area contributed by atoms with Gasteiger partial charge < -0.3 is 5.11 Å². The smallest absolute Gasteiger partial charge is 0.122 e. The minimum atomic E-state index is 0.441. The standard InChI is InChI=1S/C23H24O/c1-16-4-9-19(10-5-16)14-21-13-8-18(3)22(23(21)24)15-20-11-6-17(2)7-12-20/h4-13,24H,14-15H2,1-3H3. The second-order valence-electron chi connectivity index (χ2n) is 6.69. The first-order chi connectivity index (χ1) is 11.5. The maximum atomic E-state index is 10.8. The molecule has 0 radical (unpaired) electrons. The van der Waals surface area contributed by atoms with E-state index in [1.165, 1.54) is 22.3 Å². The fourth-order valence-corrected chi connectivity index (χ4v) is 2.99. The summed E-state index contributed by atoms with van der Waals surface area (Å²) in [5, 5.41) is 10.8. The van der Waals surface area contributed by atoms with Crippen molar-refractivity contribution in [3.63, 3.8) is 0 Å². The van der Waals surface area contributed by atoms with E-state index in [-0.39, 0.29) is 0 Å². The van der Waals surface area contributed by atoms with Gasteiger partial charge in [-0.15, -0.1) is 0 Å². The summed E-state index contributed by atoms with van der Waals surface area (Å²) in [4.78, 5) is 0. The predicted octanol–water partition coefficient (Wildman–Crippen LogP) is 5.50. The van der Waals surface area contributed by atoms with Gasteiger partial charge in [0.1, 0.15) is 5.75 Å². The molecular formula is C23H24O. The van der Waals surface area contributed by atoms with Crippen LogP contribution < -0.4 is 0 Å². The highest BCUT2D eigenvalue weighted by Gasteiger charge is 2.11. The lowest BCUT2D eigenvalue weighted by Gasteiger charge is -2.14. The molecule has 3 rings (SSSR count). The van der Waals surface area contributed by atoms with E-state index in [0.29, 0.717) is 5.75 Å². The summed E-state index contributed by atoms with van der Waals surface area (Å²) in [6, 6.07) is 21.2. The molecule has 0 aliphatic heterocycles. The highest BCUT2D eigenvalue weighted by atomic mass is 16.3. The molecule has 0 bridgehead atoms. The minimum Gasteiger partial charge on any atom is -0.507 e. The van der Waals surface area contributed by atoms with E-state index in [1.54, 1.807) is 0 Å². The Hall–Kier alpha value is -2.54. The van der Waals surface area contributed by atoms with Crippen molar-refractivity contribution in [3.8, 4) is 5.75 Å². The topological polar surface area (TPSA) is 20.2 Å². The zero-order valence-electron chi connectivity index (χ0n) is 14.6. The number of hydrogen-bond acceptors (Lipinski definition) is 1. The maximum absolute atomic E-state index is 10.8. The van der Waals surface area contributed by atoms with Crippen LogP contribution in [-0.2, 0) is 12.8 Å². The SMILES string of the molecule is Cc1ccc(Cc2ccc(C)c(Cc3ccc(C)cc3)c2O)cc1. The van der Waals surface area contributed by atoms with Crippen molar-refractivity contribution < 1.29 is 5.11 Å². The molecule has 122 valence electrons. The molecule has 1 nitrogen and oxygen atoms in total. The Morgan fingerprint density at radius 3 is 1.67 bits per heavy atom. The third-order valence-electron chi connectivity index (χ3n) is 4.62. The molecule has 1 N–H and O–H groups in total. The Morgan fingerprint density at radius 2 is 1.12 bits per heavy atom. The highest BCUT2D eigenvalue weighted by Crippen LogP contribution is 2.30. The maximum Gasteiger partial charge on any atom is 0.122 e. The molecule has 0 heterocycles. The van der Waals surface area contributed by atoms with Crippen molar-refractivity contribution in [2.45, 2.75) is 33.6 Å². The predicted molar refractivity (Wildman–Crippen MR) is 101 cm³/mol. The summed E-state index contributed by atoms with van der Waals surface area (Å²) >= 11 is 0. The van der Waals surface area contributed by atoms with Crippen LogP contribution in [0.5, 0.6) is 5.75 Å². The molecule has 0 aliphatic rings. The van der Waals surface area contributed by atoms with E-state index in [0.717, 1.165) is 29.5 Å². The van der Waals surface area contributed by atoms with Gasteiger partial charge in [-0.3, -0.25) is 0 Å². The van der Waals surface area contributed by atoms with Gasteiger partial charge in [0.05, 0.1) is 0 Å². The largest absolute Gasteiger partial charge is 0.507 e. The first-order valence-electron chi connectivity index (χ1n) is 8.44. The van der Waals surface area contributed by atoms with Crippen molar-refractivity contribution in [2.75, 3.05) is 0 Å². The van der Waals surface area contributed by atoms with Crippen LogP contribution in [0.3, 0.4) is 0 Å². The number of rotatable bonds is 4. The van der Waals surface area contributed by atoms with Crippen LogP contribution in [0.25, 0.3) is 0 Å². The van der Waals surface area contributed by atoms with Gasteiger partial charge in [-0.1, -0.05) is 71.8 Å².